The number of ketones is 1. The molecule has 0 spiro atoms. The van der Waals surface area contributed by atoms with Gasteiger partial charge in [-0.3, -0.25) is 9.59 Å². The molecule has 18 heavy (non-hydrogen) atoms. The zero-order valence-corrected chi connectivity index (χ0v) is 10.6. The van der Waals surface area contributed by atoms with E-state index < -0.39 is 11.3 Å². The molecule has 4 heteroatoms. The molecule has 1 aromatic carbocycles. The van der Waals surface area contributed by atoms with Crippen molar-refractivity contribution in [3.63, 3.8) is 0 Å². The van der Waals surface area contributed by atoms with E-state index in [1.807, 2.05) is 0 Å². The molecular formula is C14H15NO3. The van der Waals surface area contributed by atoms with Crippen LogP contribution < -0.4 is 5.73 Å². The minimum absolute atomic E-state index is 0.0591. The van der Waals surface area contributed by atoms with Crippen LogP contribution in [0.3, 0.4) is 0 Å². The van der Waals surface area contributed by atoms with Crippen molar-refractivity contribution in [3.8, 4) is 0 Å². The maximum absolute atomic E-state index is 12.4. The van der Waals surface area contributed by atoms with Crippen molar-refractivity contribution >= 4 is 22.7 Å². The summed E-state index contributed by atoms with van der Waals surface area (Å²) in [6.45, 7) is 5.38. The molecule has 1 amide bonds. The average Bonchev–Trinajstić information content (AvgIpc) is 2.65. The van der Waals surface area contributed by atoms with Gasteiger partial charge >= 0.3 is 0 Å². The van der Waals surface area contributed by atoms with Gasteiger partial charge in [0, 0.05) is 10.8 Å². The summed E-state index contributed by atoms with van der Waals surface area (Å²) in [6, 6.07) is 7.04. The second-order valence-corrected chi connectivity index (χ2v) is 5.25. The lowest BCUT2D eigenvalue weighted by Crippen LogP contribution is -2.23. The van der Waals surface area contributed by atoms with Crippen LogP contribution in [0, 0.1) is 5.41 Å². The number of primary amides is 1. The Morgan fingerprint density at radius 3 is 2.33 bits per heavy atom. The van der Waals surface area contributed by atoms with Crippen molar-refractivity contribution in [1.29, 1.82) is 0 Å². The van der Waals surface area contributed by atoms with Gasteiger partial charge in [-0.05, 0) is 6.07 Å². The lowest BCUT2D eigenvalue weighted by atomic mass is 9.85. The minimum atomic E-state index is -0.723. The number of nitrogens with two attached hydrogens (primary N) is 1. The summed E-state index contributed by atoms with van der Waals surface area (Å²) in [5.74, 6) is -0.934. The van der Waals surface area contributed by atoms with Crippen molar-refractivity contribution in [3.05, 3.63) is 35.6 Å². The second kappa shape index (κ2) is 3.98. The van der Waals surface area contributed by atoms with E-state index in [0.29, 0.717) is 11.0 Å². The van der Waals surface area contributed by atoms with Crippen LogP contribution in [0.2, 0.25) is 0 Å². The van der Waals surface area contributed by atoms with Crippen molar-refractivity contribution in [2.45, 2.75) is 20.8 Å². The minimum Gasteiger partial charge on any atom is -0.450 e. The third-order valence-electron chi connectivity index (χ3n) is 2.73. The fraction of sp³-hybridized carbons (Fsp3) is 0.286. The summed E-state index contributed by atoms with van der Waals surface area (Å²) in [5.41, 5.74) is 5.46. The van der Waals surface area contributed by atoms with E-state index in [2.05, 4.69) is 0 Å². The van der Waals surface area contributed by atoms with E-state index in [1.165, 1.54) is 0 Å². The van der Waals surface area contributed by atoms with Gasteiger partial charge in [0.15, 0.2) is 5.78 Å². The smallest absolute Gasteiger partial charge is 0.285 e. The molecule has 0 saturated heterocycles. The SMILES string of the molecule is CC(C)(C)C(=O)c1c(C(N)=O)oc2ccccc12. The Labute approximate surface area is 105 Å². The highest BCUT2D eigenvalue weighted by Gasteiger charge is 2.31. The quantitative estimate of drug-likeness (QED) is 0.827. The van der Waals surface area contributed by atoms with Gasteiger partial charge in [0.2, 0.25) is 5.76 Å². The number of benzene rings is 1. The highest BCUT2D eigenvalue weighted by atomic mass is 16.3. The molecule has 1 aromatic heterocycles. The number of amides is 1. The van der Waals surface area contributed by atoms with Gasteiger partial charge in [0.05, 0.1) is 5.56 Å². The lowest BCUT2D eigenvalue weighted by Gasteiger charge is -2.16. The first-order chi connectivity index (χ1) is 8.32. The van der Waals surface area contributed by atoms with E-state index in [9.17, 15) is 9.59 Å². The molecule has 0 aliphatic heterocycles. The number of carbonyl (C=O) groups excluding carboxylic acids is 2. The molecule has 0 atom stereocenters. The highest BCUT2D eigenvalue weighted by Crippen LogP contribution is 2.31. The predicted octanol–water partition coefficient (Wildman–Crippen LogP) is 2.76. The van der Waals surface area contributed by atoms with Crippen molar-refractivity contribution in [1.82, 2.24) is 0 Å². The maximum Gasteiger partial charge on any atom is 0.285 e. The third kappa shape index (κ3) is 1.90. The standard InChI is InChI=1S/C14H15NO3/c1-14(2,3)12(16)10-8-6-4-5-7-9(8)18-11(10)13(15)17/h4-7H,1-3H3,(H2,15,17). The Morgan fingerprint density at radius 2 is 1.78 bits per heavy atom. The van der Waals surface area contributed by atoms with Crippen molar-refractivity contribution in [2.75, 3.05) is 0 Å². The highest BCUT2D eigenvalue weighted by molar-refractivity contribution is 6.16. The number of para-hydroxylation sites is 1. The zero-order chi connectivity index (χ0) is 13.5. The predicted molar refractivity (Wildman–Crippen MR) is 68.5 cm³/mol. The van der Waals surface area contributed by atoms with Crippen LogP contribution in [0.4, 0.5) is 0 Å². The number of fused-ring (bicyclic) bond motifs is 1. The molecule has 0 aliphatic carbocycles. The van der Waals surface area contributed by atoms with E-state index in [-0.39, 0.29) is 17.1 Å². The average molecular weight is 245 g/mol. The molecule has 0 bridgehead atoms. The summed E-state index contributed by atoms with van der Waals surface area (Å²) < 4.78 is 5.38. The van der Waals surface area contributed by atoms with Gasteiger partial charge in [-0.2, -0.15) is 0 Å². The monoisotopic (exact) mass is 245 g/mol. The number of Topliss-reactive ketones (excluding diaryl/α,β-unsaturated/α-hetero) is 1. The second-order valence-electron chi connectivity index (χ2n) is 5.25. The van der Waals surface area contributed by atoms with Crippen LogP contribution in [-0.2, 0) is 0 Å². The van der Waals surface area contributed by atoms with E-state index in [1.54, 1.807) is 45.0 Å². The molecule has 2 N–H and O–H groups in total. The molecule has 2 rings (SSSR count). The Hall–Kier alpha value is -2.10. The van der Waals surface area contributed by atoms with E-state index in [4.69, 9.17) is 10.2 Å². The van der Waals surface area contributed by atoms with Crippen LogP contribution in [0.25, 0.3) is 11.0 Å². The molecule has 94 valence electrons. The number of furan rings is 1. The molecule has 0 unspecified atom stereocenters. The first kappa shape index (κ1) is 12.4. The van der Waals surface area contributed by atoms with E-state index in [0.717, 1.165) is 0 Å². The van der Waals surface area contributed by atoms with Gasteiger partial charge in [-0.25, -0.2) is 0 Å². The van der Waals surface area contributed by atoms with Gasteiger partial charge in [-0.15, -0.1) is 0 Å². The molecule has 0 saturated carbocycles. The molecular weight excluding hydrogens is 230 g/mol. The first-order valence-electron chi connectivity index (χ1n) is 5.68. The Morgan fingerprint density at radius 1 is 1.17 bits per heavy atom. The zero-order valence-electron chi connectivity index (χ0n) is 10.6. The molecule has 4 nitrogen and oxygen atoms in total. The first-order valence-corrected chi connectivity index (χ1v) is 5.68. The van der Waals surface area contributed by atoms with Gasteiger partial charge in [0.25, 0.3) is 5.91 Å². The Kier molecular flexibility index (Phi) is 2.73. The van der Waals surface area contributed by atoms with Crippen LogP contribution in [-0.4, -0.2) is 11.7 Å². The molecule has 2 aromatic rings. The van der Waals surface area contributed by atoms with Crippen LogP contribution in [0.5, 0.6) is 0 Å². The van der Waals surface area contributed by atoms with Crippen LogP contribution in [0.1, 0.15) is 41.7 Å². The van der Waals surface area contributed by atoms with Crippen molar-refractivity contribution in [2.24, 2.45) is 11.1 Å². The van der Waals surface area contributed by atoms with Gasteiger partial charge < -0.3 is 10.2 Å². The summed E-state index contributed by atoms with van der Waals surface area (Å²) in [7, 11) is 0. The fourth-order valence-electron chi connectivity index (χ4n) is 1.82. The molecule has 0 fully saturated rings. The summed E-state index contributed by atoms with van der Waals surface area (Å²) in [4.78, 5) is 23.8. The van der Waals surface area contributed by atoms with E-state index >= 15 is 0 Å². The maximum atomic E-state index is 12.4. The van der Waals surface area contributed by atoms with Gasteiger partial charge in [0.1, 0.15) is 5.58 Å². The fourth-order valence-corrected chi connectivity index (χ4v) is 1.82. The Bertz CT molecular complexity index is 632. The summed E-state index contributed by atoms with van der Waals surface area (Å²) in [5, 5.41) is 0.631. The number of hydrogen-bond acceptors (Lipinski definition) is 3. The van der Waals surface area contributed by atoms with Gasteiger partial charge in [-0.1, -0.05) is 39.0 Å². The Balaban J connectivity index is 2.78. The largest absolute Gasteiger partial charge is 0.450 e. The lowest BCUT2D eigenvalue weighted by molar-refractivity contribution is 0.0848. The van der Waals surface area contributed by atoms with Crippen LogP contribution >= 0.6 is 0 Å². The molecule has 0 radical (unpaired) electrons. The summed E-state index contributed by atoms with van der Waals surface area (Å²) in [6.07, 6.45) is 0. The van der Waals surface area contributed by atoms with Crippen LogP contribution in [0.15, 0.2) is 28.7 Å². The third-order valence-corrected chi connectivity index (χ3v) is 2.73. The topological polar surface area (TPSA) is 73.3 Å². The summed E-state index contributed by atoms with van der Waals surface area (Å²) >= 11 is 0. The molecule has 1 heterocycles. The normalized spacial score (nSPS) is 11.7. The van der Waals surface area contributed by atoms with Crippen molar-refractivity contribution < 1.29 is 14.0 Å². The number of rotatable bonds is 2. The molecule has 0 aliphatic rings. The number of hydrogen-bond donors (Lipinski definition) is 1. The number of carbonyl (C=O) groups is 2.